The second-order valence-electron chi connectivity index (χ2n) is 18.7. The van der Waals surface area contributed by atoms with Crippen molar-refractivity contribution < 1.29 is 4.42 Å². The Kier molecular flexibility index (Phi) is 7.92. The maximum absolute atomic E-state index is 6.68. The SMILES string of the molecule is CC1(C)c2ccccc2-c2cccc(-c3cccc(N(c4cccc(-c5cccc6oc7c8ccccc8ccc7c56)c4)c4ccc5c(c4)C4(CCCCC4)c4ccccc4-5)c3)c21. The zero-order valence-corrected chi connectivity index (χ0v) is 35.8. The van der Waals surface area contributed by atoms with E-state index in [9.17, 15) is 0 Å². The maximum atomic E-state index is 6.68. The van der Waals surface area contributed by atoms with Gasteiger partial charge in [0.05, 0.1) is 0 Å². The van der Waals surface area contributed by atoms with E-state index in [1.807, 2.05) is 0 Å². The molecule has 10 aromatic rings. The zero-order chi connectivity index (χ0) is 41.9. The van der Waals surface area contributed by atoms with Gasteiger partial charge in [-0.15, -0.1) is 0 Å². The van der Waals surface area contributed by atoms with Crippen molar-refractivity contribution in [1.29, 1.82) is 0 Å². The molecule has 0 amide bonds. The Balaban J connectivity index is 1.01. The second-order valence-corrected chi connectivity index (χ2v) is 18.7. The summed E-state index contributed by atoms with van der Waals surface area (Å²) in [5.41, 5.74) is 21.4. The van der Waals surface area contributed by atoms with Crippen LogP contribution >= 0.6 is 0 Å². The standard InChI is InChI=1S/C61H47NO/c1-60(2)53-27-8-6-23-49(53)51-26-14-25-46(58(51)60)41-18-13-20-43(37-41)62(44-31-33-50-48-22-7-9-28-54(48)61(55(50)38-44)34-10-3-11-35-61)42-19-12-17-40(36-42)45-24-15-29-56-57(45)52-32-30-39-16-4-5-21-47(39)59(52)63-56/h4-9,12-33,36-38H,3,10-11,34-35H2,1-2H3. The fraction of sp³-hybridized carbons (Fsp3) is 0.148. The van der Waals surface area contributed by atoms with Gasteiger partial charge in [-0.05, 0) is 134 Å². The fourth-order valence-corrected chi connectivity index (χ4v) is 12.2. The first-order valence-electron chi connectivity index (χ1n) is 22.8. The number of furan rings is 1. The van der Waals surface area contributed by atoms with Gasteiger partial charge in [-0.1, -0.05) is 173 Å². The highest BCUT2D eigenvalue weighted by atomic mass is 16.3. The summed E-state index contributed by atoms with van der Waals surface area (Å²) >= 11 is 0. The van der Waals surface area contributed by atoms with Crippen LogP contribution in [0.3, 0.4) is 0 Å². The third-order valence-electron chi connectivity index (χ3n) is 15.0. The summed E-state index contributed by atoms with van der Waals surface area (Å²) in [6, 6.07) is 70.3. The minimum absolute atomic E-state index is 0.0445. The van der Waals surface area contributed by atoms with Crippen molar-refractivity contribution in [3.05, 3.63) is 210 Å². The van der Waals surface area contributed by atoms with E-state index in [2.05, 4.69) is 207 Å². The predicted molar refractivity (Wildman–Crippen MR) is 264 cm³/mol. The fourth-order valence-electron chi connectivity index (χ4n) is 12.2. The number of benzene rings is 9. The summed E-state index contributed by atoms with van der Waals surface area (Å²) in [6.45, 7) is 4.78. The molecule has 0 radical (unpaired) electrons. The van der Waals surface area contributed by atoms with Crippen molar-refractivity contribution in [3.8, 4) is 44.5 Å². The quantitative estimate of drug-likeness (QED) is 0.172. The van der Waals surface area contributed by atoms with Crippen molar-refractivity contribution >= 4 is 49.8 Å². The van der Waals surface area contributed by atoms with E-state index in [0.717, 1.165) is 44.3 Å². The molecule has 13 rings (SSSR count). The Labute approximate surface area is 369 Å². The summed E-state index contributed by atoms with van der Waals surface area (Å²) in [5, 5.41) is 4.62. The van der Waals surface area contributed by atoms with Crippen molar-refractivity contribution in [2.45, 2.75) is 56.8 Å². The second kappa shape index (κ2) is 13.7. The van der Waals surface area contributed by atoms with Gasteiger partial charge in [-0.3, -0.25) is 0 Å². The summed E-state index contributed by atoms with van der Waals surface area (Å²) in [6.07, 6.45) is 6.22. The Morgan fingerprint density at radius 2 is 1.03 bits per heavy atom. The average molecular weight is 810 g/mol. The smallest absolute Gasteiger partial charge is 0.143 e. The molecular weight excluding hydrogens is 763 g/mol. The van der Waals surface area contributed by atoms with Gasteiger partial charge in [0.15, 0.2) is 0 Å². The highest BCUT2D eigenvalue weighted by Gasteiger charge is 2.44. The molecule has 1 saturated carbocycles. The highest BCUT2D eigenvalue weighted by molar-refractivity contribution is 6.19. The number of nitrogens with zero attached hydrogens (tertiary/aromatic N) is 1. The van der Waals surface area contributed by atoms with Crippen molar-refractivity contribution in [3.63, 3.8) is 0 Å². The van der Waals surface area contributed by atoms with Gasteiger partial charge in [0, 0.05) is 44.1 Å². The minimum Gasteiger partial charge on any atom is -0.455 e. The van der Waals surface area contributed by atoms with Crippen LogP contribution in [-0.2, 0) is 10.8 Å². The van der Waals surface area contributed by atoms with E-state index in [1.165, 1.54) is 104 Å². The largest absolute Gasteiger partial charge is 0.455 e. The molecule has 302 valence electrons. The third-order valence-corrected chi connectivity index (χ3v) is 15.0. The molecule has 0 N–H and O–H groups in total. The number of hydrogen-bond acceptors (Lipinski definition) is 2. The van der Waals surface area contributed by atoms with Gasteiger partial charge in [0.2, 0.25) is 0 Å². The summed E-state index contributed by atoms with van der Waals surface area (Å²) < 4.78 is 6.68. The molecule has 0 atom stereocenters. The van der Waals surface area contributed by atoms with Gasteiger partial charge in [0.25, 0.3) is 0 Å². The average Bonchev–Trinajstić information content (AvgIpc) is 3.93. The molecule has 0 aliphatic heterocycles. The maximum Gasteiger partial charge on any atom is 0.143 e. The van der Waals surface area contributed by atoms with Crippen LogP contribution in [0.5, 0.6) is 0 Å². The Morgan fingerprint density at radius 1 is 0.429 bits per heavy atom. The molecule has 0 unspecified atom stereocenters. The molecule has 1 heterocycles. The first-order chi connectivity index (χ1) is 31.0. The van der Waals surface area contributed by atoms with Gasteiger partial charge in [-0.2, -0.15) is 0 Å². The number of anilines is 3. The Hall–Kier alpha value is -7.16. The molecule has 1 aromatic heterocycles. The van der Waals surface area contributed by atoms with E-state index in [4.69, 9.17) is 4.42 Å². The van der Waals surface area contributed by atoms with Crippen LogP contribution < -0.4 is 4.90 Å². The molecule has 9 aromatic carbocycles. The van der Waals surface area contributed by atoms with Crippen LogP contribution in [0, 0.1) is 0 Å². The van der Waals surface area contributed by atoms with Gasteiger partial charge < -0.3 is 9.32 Å². The lowest BCUT2D eigenvalue weighted by Crippen LogP contribution is -2.28. The first kappa shape index (κ1) is 36.5. The van der Waals surface area contributed by atoms with E-state index in [0.29, 0.717) is 0 Å². The van der Waals surface area contributed by atoms with Crippen molar-refractivity contribution in [2.24, 2.45) is 0 Å². The predicted octanol–water partition coefficient (Wildman–Crippen LogP) is 17.1. The minimum atomic E-state index is -0.125. The van der Waals surface area contributed by atoms with Crippen LogP contribution in [0.2, 0.25) is 0 Å². The topological polar surface area (TPSA) is 16.4 Å². The van der Waals surface area contributed by atoms with E-state index < -0.39 is 0 Å². The lowest BCUT2D eigenvalue weighted by Gasteiger charge is -2.36. The summed E-state index contributed by atoms with van der Waals surface area (Å²) in [4.78, 5) is 2.51. The van der Waals surface area contributed by atoms with E-state index in [-0.39, 0.29) is 10.8 Å². The molecule has 1 spiro atoms. The molecule has 3 aliphatic carbocycles. The van der Waals surface area contributed by atoms with Crippen LogP contribution in [0.4, 0.5) is 17.1 Å². The molecule has 3 aliphatic rings. The molecule has 0 saturated heterocycles. The molecule has 0 bridgehead atoms. The summed E-state index contributed by atoms with van der Waals surface area (Å²) in [5.74, 6) is 0. The van der Waals surface area contributed by atoms with Crippen molar-refractivity contribution in [2.75, 3.05) is 4.90 Å². The lowest BCUT2D eigenvalue weighted by molar-refractivity contribution is 0.353. The van der Waals surface area contributed by atoms with Crippen LogP contribution in [0.15, 0.2) is 192 Å². The first-order valence-corrected chi connectivity index (χ1v) is 22.8. The highest BCUT2D eigenvalue weighted by Crippen LogP contribution is 2.57. The van der Waals surface area contributed by atoms with E-state index >= 15 is 0 Å². The summed E-state index contributed by atoms with van der Waals surface area (Å²) in [7, 11) is 0. The molecular formula is C61H47NO. The third kappa shape index (κ3) is 5.31. The van der Waals surface area contributed by atoms with Crippen LogP contribution in [-0.4, -0.2) is 0 Å². The van der Waals surface area contributed by atoms with Crippen LogP contribution in [0.25, 0.3) is 77.2 Å². The van der Waals surface area contributed by atoms with Gasteiger partial charge >= 0.3 is 0 Å². The Morgan fingerprint density at radius 3 is 1.84 bits per heavy atom. The molecule has 2 heteroatoms. The molecule has 1 fully saturated rings. The molecule has 63 heavy (non-hydrogen) atoms. The Bertz CT molecular complexity index is 3490. The zero-order valence-electron chi connectivity index (χ0n) is 35.8. The van der Waals surface area contributed by atoms with Crippen molar-refractivity contribution in [1.82, 2.24) is 0 Å². The number of hydrogen-bond donors (Lipinski definition) is 0. The lowest BCUT2D eigenvalue weighted by atomic mass is 9.68. The number of rotatable bonds is 5. The van der Waals surface area contributed by atoms with Gasteiger partial charge in [0.1, 0.15) is 11.2 Å². The van der Waals surface area contributed by atoms with E-state index in [1.54, 1.807) is 0 Å². The number of fused-ring (bicyclic) bond motifs is 13. The monoisotopic (exact) mass is 809 g/mol. The van der Waals surface area contributed by atoms with Crippen LogP contribution in [0.1, 0.15) is 68.2 Å². The van der Waals surface area contributed by atoms with Gasteiger partial charge in [-0.25, -0.2) is 0 Å². The molecule has 2 nitrogen and oxygen atoms in total. The normalized spacial score (nSPS) is 15.4.